The van der Waals surface area contributed by atoms with E-state index in [9.17, 15) is 4.79 Å². The highest BCUT2D eigenvalue weighted by atomic mass is 16.1. The quantitative estimate of drug-likeness (QED) is 0.578. The van der Waals surface area contributed by atoms with Gasteiger partial charge in [0, 0.05) is 12.7 Å². The molecule has 0 aliphatic rings. The van der Waals surface area contributed by atoms with Crippen LogP contribution in [-0.4, -0.2) is 12.8 Å². The molecule has 1 aromatic rings. The fraction of sp³-hybridized carbons (Fsp3) is 0.0909. The van der Waals surface area contributed by atoms with Crippen molar-refractivity contribution in [2.75, 3.05) is 12.4 Å². The van der Waals surface area contributed by atoms with Gasteiger partial charge in [-0.25, -0.2) is 0 Å². The van der Waals surface area contributed by atoms with E-state index >= 15 is 0 Å². The number of ketones is 1. The summed E-state index contributed by atoms with van der Waals surface area (Å²) in [5.74, 6) is -0.539. The van der Waals surface area contributed by atoms with E-state index < -0.39 is 5.78 Å². The highest BCUT2D eigenvalue weighted by Crippen LogP contribution is 2.09. The van der Waals surface area contributed by atoms with E-state index in [2.05, 4.69) is 5.32 Å². The monoisotopic (exact) mass is 186 g/mol. The lowest BCUT2D eigenvalue weighted by Crippen LogP contribution is -1.87. The molecule has 70 valence electrons. The first-order valence-electron chi connectivity index (χ1n) is 4.16. The first-order valence-corrected chi connectivity index (χ1v) is 4.16. The Morgan fingerprint density at radius 2 is 2.07 bits per heavy atom. The molecule has 14 heavy (non-hydrogen) atoms. The van der Waals surface area contributed by atoms with Gasteiger partial charge in [-0.3, -0.25) is 4.79 Å². The number of benzene rings is 1. The van der Waals surface area contributed by atoms with Crippen LogP contribution >= 0.6 is 0 Å². The Labute approximate surface area is 82.7 Å². The average molecular weight is 186 g/mol. The molecular formula is C11H10N2O. The molecule has 0 saturated carbocycles. The lowest BCUT2D eigenvalue weighted by atomic mass is 10.2. The van der Waals surface area contributed by atoms with Gasteiger partial charge in [-0.15, -0.1) is 0 Å². The van der Waals surface area contributed by atoms with Crippen LogP contribution in [0.25, 0.3) is 6.08 Å². The summed E-state index contributed by atoms with van der Waals surface area (Å²) in [5, 5.41) is 11.2. The zero-order valence-electron chi connectivity index (χ0n) is 7.82. The van der Waals surface area contributed by atoms with Crippen LogP contribution in [-0.2, 0) is 4.79 Å². The number of nitriles is 1. The van der Waals surface area contributed by atoms with Gasteiger partial charge in [-0.2, -0.15) is 5.26 Å². The first kappa shape index (κ1) is 10.0. The van der Waals surface area contributed by atoms with Gasteiger partial charge in [0.15, 0.2) is 0 Å². The smallest absolute Gasteiger partial charge is 0.255 e. The number of hydrogen-bond donors (Lipinski definition) is 1. The van der Waals surface area contributed by atoms with Crippen molar-refractivity contribution in [2.45, 2.75) is 0 Å². The Bertz CT molecular complexity index is 385. The van der Waals surface area contributed by atoms with Crippen molar-refractivity contribution in [3.05, 3.63) is 35.9 Å². The summed E-state index contributed by atoms with van der Waals surface area (Å²) in [5.41, 5.74) is 1.90. The van der Waals surface area contributed by atoms with Crippen LogP contribution in [0.2, 0.25) is 0 Å². The Hall–Kier alpha value is -2.08. The van der Waals surface area contributed by atoms with Crippen LogP contribution in [0.15, 0.2) is 30.3 Å². The zero-order chi connectivity index (χ0) is 10.4. The van der Waals surface area contributed by atoms with Gasteiger partial charge in [-0.1, -0.05) is 18.2 Å². The molecule has 0 radical (unpaired) electrons. The standard InChI is InChI=1S/C11H10N2O/c1-13-10-5-2-9(3-6-10)4-7-11(14)8-12/h2-7,13H,1H3/b7-4+. The van der Waals surface area contributed by atoms with Gasteiger partial charge in [0.05, 0.1) is 0 Å². The molecule has 0 bridgehead atoms. The molecule has 3 nitrogen and oxygen atoms in total. The largest absolute Gasteiger partial charge is 0.388 e. The van der Waals surface area contributed by atoms with E-state index in [4.69, 9.17) is 5.26 Å². The van der Waals surface area contributed by atoms with E-state index in [1.165, 1.54) is 12.1 Å². The lowest BCUT2D eigenvalue weighted by Gasteiger charge is -1.98. The fourth-order valence-corrected chi connectivity index (χ4v) is 0.970. The van der Waals surface area contributed by atoms with E-state index in [1.54, 1.807) is 6.08 Å². The second-order valence-corrected chi connectivity index (χ2v) is 2.68. The van der Waals surface area contributed by atoms with E-state index in [0.29, 0.717) is 0 Å². The van der Waals surface area contributed by atoms with E-state index in [1.807, 2.05) is 31.3 Å². The predicted molar refractivity (Wildman–Crippen MR) is 55.6 cm³/mol. The minimum atomic E-state index is -0.539. The van der Waals surface area contributed by atoms with E-state index in [-0.39, 0.29) is 0 Å². The van der Waals surface area contributed by atoms with Crippen molar-refractivity contribution in [3.8, 4) is 6.07 Å². The van der Waals surface area contributed by atoms with Gasteiger partial charge in [0.1, 0.15) is 6.07 Å². The van der Waals surface area contributed by atoms with E-state index in [0.717, 1.165) is 11.3 Å². The second kappa shape index (κ2) is 4.83. The van der Waals surface area contributed by atoms with Crippen LogP contribution in [0.5, 0.6) is 0 Å². The summed E-state index contributed by atoms with van der Waals surface area (Å²) in [4.78, 5) is 10.6. The molecule has 1 rings (SSSR count). The second-order valence-electron chi connectivity index (χ2n) is 2.68. The number of carbonyl (C=O) groups excluding carboxylic acids is 1. The Kier molecular flexibility index (Phi) is 3.45. The molecule has 0 fully saturated rings. The molecule has 1 N–H and O–H groups in total. The number of rotatable bonds is 3. The number of hydrogen-bond acceptors (Lipinski definition) is 3. The van der Waals surface area contributed by atoms with Crippen molar-refractivity contribution in [1.29, 1.82) is 5.26 Å². The molecule has 0 aliphatic heterocycles. The van der Waals surface area contributed by atoms with Crippen molar-refractivity contribution in [3.63, 3.8) is 0 Å². The molecule has 0 atom stereocenters. The van der Waals surface area contributed by atoms with Crippen LogP contribution in [0, 0.1) is 11.3 Å². The highest BCUT2D eigenvalue weighted by Gasteiger charge is 1.91. The molecule has 0 amide bonds. The van der Waals surface area contributed by atoms with Gasteiger partial charge in [0.25, 0.3) is 5.78 Å². The fourth-order valence-electron chi connectivity index (χ4n) is 0.970. The number of allylic oxidation sites excluding steroid dienone is 1. The van der Waals surface area contributed by atoms with Crippen LogP contribution in [0.3, 0.4) is 0 Å². The normalized spacial score (nSPS) is 9.71. The van der Waals surface area contributed by atoms with Gasteiger partial charge >= 0.3 is 0 Å². The molecule has 1 aromatic carbocycles. The zero-order valence-corrected chi connectivity index (χ0v) is 7.82. The summed E-state index contributed by atoms with van der Waals surface area (Å²) in [6, 6.07) is 9.05. The minimum Gasteiger partial charge on any atom is -0.388 e. The minimum absolute atomic E-state index is 0.539. The Morgan fingerprint density at radius 3 is 2.57 bits per heavy atom. The van der Waals surface area contributed by atoms with Crippen LogP contribution in [0.4, 0.5) is 5.69 Å². The van der Waals surface area contributed by atoms with Crippen molar-refractivity contribution in [2.24, 2.45) is 0 Å². The molecule has 3 heteroatoms. The van der Waals surface area contributed by atoms with Gasteiger partial charge in [0.2, 0.25) is 0 Å². The molecule has 0 heterocycles. The topological polar surface area (TPSA) is 52.9 Å². The maximum Gasteiger partial charge on any atom is 0.255 e. The molecule has 0 saturated heterocycles. The van der Waals surface area contributed by atoms with Crippen molar-refractivity contribution < 1.29 is 4.79 Å². The molecule has 0 aliphatic carbocycles. The van der Waals surface area contributed by atoms with Gasteiger partial charge in [-0.05, 0) is 23.8 Å². The number of anilines is 1. The predicted octanol–water partition coefficient (Wildman–Crippen LogP) is 1.83. The SMILES string of the molecule is CNc1ccc(/C=C/C(=O)C#N)cc1. The molecular weight excluding hydrogens is 176 g/mol. The van der Waals surface area contributed by atoms with Crippen molar-refractivity contribution in [1.82, 2.24) is 0 Å². The Balaban J connectivity index is 2.74. The average Bonchev–Trinajstić information content (AvgIpc) is 2.26. The summed E-state index contributed by atoms with van der Waals surface area (Å²) in [7, 11) is 1.84. The maximum atomic E-state index is 10.6. The third kappa shape index (κ3) is 2.76. The number of nitrogens with zero attached hydrogens (tertiary/aromatic N) is 1. The van der Waals surface area contributed by atoms with Crippen LogP contribution < -0.4 is 5.32 Å². The maximum absolute atomic E-state index is 10.6. The van der Waals surface area contributed by atoms with Gasteiger partial charge < -0.3 is 5.32 Å². The number of nitrogens with one attached hydrogen (secondary N) is 1. The highest BCUT2D eigenvalue weighted by molar-refractivity contribution is 6.04. The lowest BCUT2D eigenvalue weighted by molar-refractivity contribution is -0.109. The molecule has 0 aromatic heterocycles. The Morgan fingerprint density at radius 1 is 1.43 bits per heavy atom. The summed E-state index contributed by atoms with van der Waals surface area (Å²) < 4.78 is 0. The molecule has 0 spiro atoms. The third-order valence-electron chi connectivity index (χ3n) is 1.74. The summed E-state index contributed by atoms with van der Waals surface area (Å²) in [6.07, 6.45) is 2.87. The summed E-state index contributed by atoms with van der Waals surface area (Å²) >= 11 is 0. The third-order valence-corrected chi connectivity index (χ3v) is 1.74. The van der Waals surface area contributed by atoms with Crippen LogP contribution in [0.1, 0.15) is 5.56 Å². The first-order chi connectivity index (χ1) is 6.76. The van der Waals surface area contributed by atoms with Crippen molar-refractivity contribution >= 4 is 17.5 Å². The molecule has 0 unspecified atom stereocenters. The number of carbonyl (C=O) groups is 1. The summed E-state index contributed by atoms with van der Waals surface area (Å²) in [6.45, 7) is 0.